The lowest BCUT2D eigenvalue weighted by atomic mass is 10.2. The van der Waals surface area contributed by atoms with E-state index in [0.29, 0.717) is 5.92 Å². The number of nitrogens with one attached hydrogen (secondary N) is 2. The second-order valence-electron chi connectivity index (χ2n) is 5.43. The van der Waals surface area contributed by atoms with Crippen molar-refractivity contribution < 1.29 is 4.42 Å². The number of furan rings is 1. The van der Waals surface area contributed by atoms with Crippen molar-refractivity contribution in [2.45, 2.75) is 20.4 Å². The summed E-state index contributed by atoms with van der Waals surface area (Å²) in [4.78, 5) is 7.69. The Morgan fingerprint density at radius 3 is 2.95 bits per heavy atom. The summed E-state index contributed by atoms with van der Waals surface area (Å²) in [6.07, 6.45) is 1.86. The van der Waals surface area contributed by atoms with E-state index in [-0.39, 0.29) is 0 Å². The van der Waals surface area contributed by atoms with Crippen molar-refractivity contribution in [2.24, 2.45) is 5.92 Å². The summed E-state index contributed by atoms with van der Waals surface area (Å²) in [7, 11) is 0. The summed E-state index contributed by atoms with van der Waals surface area (Å²) < 4.78 is 5.80. The van der Waals surface area contributed by atoms with E-state index in [4.69, 9.17) is 4.42 Å². The fourth-order valence-corrected chi connectivity index (χ4v) is 2.17. The largest absolute Gasteiger partial charge is 0.453 e. The average molecular weight is 269 g/mol. The zero-order valence-electron chi connectivity index (χ0n) is 11.8. The molecule has 0 radical (unpaired) electrons. The molecule has 3 rings (SSSR count). The van der Waals surface area contributed by atoms with Crippen molar-refractivity contribution >= 4 is 11.0 Å². The van der Waals surface area contributed by atoms with Crippen molar-refractivity contribution in [3.05, 3.63) is 42.2 Å². The van der Waals surface area contributed by atoms with Gasteiger partial charge in [-0.25, -0.2) is 4.98 Å². The Balaban J connectivity index is 1.75. The molecule has 104 valence electrons. The molecule has 2 aromatic heterocycles. The number of rotatable bonds is 5. The van der Waals surface area contributed by atoms with Gasteiger partial charge in [0.25, 0.3) is 0 Å². The molecule has 0 aliphatic heterocycles. The third-order valence-electron chi connectivity index (χ3n) is 3.16. The summed E-state index contributed by atoms with van der Waals surface area (Å²) in [5, 5.41) is 4.49. The molecule has 4 nitrogen and oxygen atoms in total. The normalized spacial score (nSPS) is 11.6. The van der Waals surface area contributed by atoms with Gasteiger partial charge in [-0.15, -0.1) is 0 Å². The number of aromatic nitrogens is 2. The Bertz CT molecular complexity index is 663. The van der Waals surface area contributed by atoms with Gasteiger partial charge in [-0.1, -0.05) is 32.0 Å². The van der Waals surface area contributed by atoms with Crippen LogP contribution in [-0.4, -0.2) is 16.5 Å². The molecule has 1 aromatic carbocycles. The van der Waals surface area contributed by atoms with Gasteiger partial charge in [0.05, 0.1) is 6.20 Å². The lowest BCUT2D eigenvalue weighted by molar-refractivity contribution is 0.549. The van der Waals surface area contributed by atoms with E-state index < -0.39 is 0 Å². The first-order chi connectivity index (χ1) is 9.72. The van der Waals surface area contributed by atoms with Crippen molar-refractivity contribution in [2.75, 3.05) is 6.54 Å². The highest BCUT2D eigenvalue weighted by atomic mass is 16.3. The van der Waals surface area contributed by atoms with Crippen LogP contribution in [0.2, 0.25) is 0 Å². The first-order valence-electron chi connectivity index (χ1n) is 6.96. The van der Waals surface area contributed by atoms with Crippen LogP contribution in [0.4, 0.5) is 0 Å². The Morgan fingerprint density at radius 2 is 2.15 bits per heavy atom. The molecule has 0 bridgehead atoms. The molecule has 20 heavy (non-hydrogen) atoms. The highest BCUT2D eigenvalue weighted by Gasteiger charge is 2.09. The third kappa shape index (κ3) is 2.75. The van der Waals surface area contributed by atoms with Gasteiger partial charge in [-0.05, 0) is 24.6 Å². The number of benzene rings is 1. The molecule has 0 fully saturated rings. The molecule has 0 spiro atoms. The second-order valence-corrected chi connectivity index (χ2v) is 5.43. The number of para-hydroxylation sites is 1. The minimum atomic E-state index is 0.646. The molecular weight excluding hydrogens is 250 g/mol. The van der Waals surface area contributed by atoms with Gasteiger partial charge in [0, 0.05) is 17.6 Å². The second kappa shape index (κ2) is 5.51. The van der Waals surface area contributed by atoms with Gasteiger partial charge in [-0.3, -0.25) is 0 Å². The summed E-state index contributed by atoms with van der Waals surface area (Å²) in [5.41, 5.74) is 1.96. The van der Waals surface area contributed by atoms with Crippen LogP contribution in [-0.2, 0) is 6.54 Å². The smallest absolute Gasteiger partial charge is 0.173 e. The number of imidazole rings is 1. The number of H-pyrrole nitrogens is 1. The topological polar surface area (TPSA) is 53.9 Å². The first kappa shape index (κ1) is 12.9. The van der Waals surface area contributed by atoms with Gasteiger partial charge in [0.1, 0.15) is 5.58 Å². The maximum atomic E-state index is 5.80. The summed E-state index contributed by atoms with van der Waals surface area (Å²) in [5.74, 6) is 2.21. The van der Waals surface area contributed by atoms with Crippen LogP contribution in [0.1, 0.15) is 19.5 Å². The third-order valence-corrected chi connectivity index (χ3v) is 3.16. The minimum absolute atomic E-state index is 0.646. The first-order valence-corrected chi connectivity index (χ1v) is 6.96. The summed E-state index contributed by atoms with van der Waals surface area (Å²) >= 11 is 0. The van der Waals surface area contributed by atoms with Crippen LogP contribution >= 0.6 is 0 Å². The van der Waals surface area contributed by atoms with Gasteiger partial charge in [-0.2, -0.15) is 0 Å². The Hall–Kier alpha value is -2.07. The van der Waals surface area contributed by atoms with Gasteiger partial charge in [0.15, 0.2) is 11.6 Å². The number of nitrogens with zero attached hydrogens (tertiary/aromatic N) is 1. The molecule has 2 heterocycles. The van der Waals surface area contributed by atoms with Crippen molar-refractivity contribution in [1.82, 2.24) is 15.3 Å². The van der Waals surface area contributed by atoms with Crippen molar-refractivity contribution in [1.29, 1.82) is 0 Å². The Labute approximate surface area is 118 Å². The lowest BCUT2D eigenvalue weighted by Crippen LogP contribution is -2.19. The van der Waals surface area contributed by atoms with Gasteiger partial charge in [0.2, 0.25) is 0 Å². The van der Waals surface area contributed by atoms with Crippen molar-refractivity contribution in [3.63, 3.8) is 0 Å². The molecular formula is C16H19N3O. The highest BCUT2D eigenvalue weighted by molar-refractivity contribution is 5.81. The SMILES string of the molecule is CC(C)CNCc1cnc(-c2cc3ccccc3o2)[nH]1. The summed E-state index contributed by atoms with van der Waals surface area (Å²) in [6, 6.07) is 9.99. The van der Waals surface area contributed by atoms with Crippen LogP contribution in [0.15, 0.2) is 40.9 Å². The molecule has 4 heteroatoms. The fourth-order valence-electron chi connectivity index (χ4n) is 2.17. The van der Waals surface area contributed by atoms with Gasteiger partial charge >= 0.3 is 0 Å². The van der Waals surface area contributed by atoms with Crippen LogP contribution in [0, 0.1) is 5.92 Å². The zero-order chi connectivity index (χ0) is 13.9. The quantitative estimate of drug-likeness (QED) is 0.744. The zero-order valence-corrected chi connectivity index (χ0v) is 11.8. The van der Waals surface area contributed by atoms with E-state index in [2.05, 4.69) is 29.1 Å². The van der Waals surface area contributed by atoms with Crippen molar-refractivity contribution in [3.8, 4) is 11.6 Å². The summed E-state index contributed by atoms with van der Waals surface area (Å²) in [6.45, 7) is 6.18. The molecule has 3 aromatic rings. The number of hydrogen-bond donors (Lipinski definition) is 2. The Kier molecular flexibility index (Phi) is 3.56. The molecule has 0 saturated heterocycles. The van der Waals surface area contributed by atoms with E-state index in [0.717, 1.165) is 41.3 Å². The standard InChI is InChI=1S/C16H19N3O/c1-11(2)8-17-9-13-10-18-16(19-13)15-7-12-5-3-4-6-14(12)20-15/h3-7,10-11,17H,8-9H2,1-2H3,(H,18,19). The van der Waals surface area contributed by atoms with Crippen LogP contribution in [0.3, 0.4) is 0 Å². The maximum absolute atomic E-state index is 5.80. The van der Waals surface area contributed by atoms with Gasteiger partial charge < -0.3 is 14.7 Å². The van der Waals surface area contributed by atoms with E-state index >= 15 is 0 Å². The van der Waals surface area contributed by atoms with E-state index in [1.165, 1.54) is 0 Å². The van der Waals surface area contributed by atoms with E-state index in [9.17, 15) is 0 Å². The number of fused-ring (bicyclic) bond motifs is 1. The molecule has 0 saturated carbocycles. The predicted octanol–water partition coefficient (Wildman–Crippen LogP) is 3.57. The fraction of sp³-hybridized carbons (Fsp3) is 0.312. The highest BCUT2D eigenvalue weighted by Crippen LogP contribution is 2.25. The molecule has 0 unspecified atom stereocenters. The molecule has 2 N–H and O–H groups in total. The average Bonchev–Trinajstić information content (AvgIpc) is 3.03. The molecule has 0 aliphatic rings. The lowest BCUT2D eigenvalue weighted by Gasteiger charge is -2.05. The van der Waals surface area contributed by atoms with Crippen LogP contribution in [0.5, 0.6) is 0 Å². The number of hydrogen-bond acceptors (Lipinski definition) is 3. The molecule has 0 aliphatic carbocycles. The molecule has 0 atom stereocenters. The van der Waals surface area contributed by atoms with E-state index in [1.807, 2.05) is 36.5 Å². The predicted molar refractivity (Wildman–Crippen MR) is 80.3 cm³/mol. The minimum Gasteiger partial charge on any atom is -0.453 e. The molecule has 0 amide bonds. The van der Waals surface area contributed by atoms with Crippen LogP contribution < -0.4 is 5.32 Å². The maximum Gasteiger partial charge on any atom is 0.173 e. The van der Waals surface area contributed by atoms with Crippen LogP contribution in [0.25, 0.3) is 22.6 Å². The number of aromatic amines is 1. The Morgan fingerprint density at radius 1 is 1.30 bits per heavy atom. The monoisotopic (exact) mass is 269 g/mol. The van der Waals surface area contributed by atoms with E-state index in [1.54, 1.807) is 0 Å².